The largest absolute Gasteiger partial charge is 0.385 e. The van der Waals surface area contributed by atoms with E-state index in [2.05, 4.69) is 63.7 Å². The van der Waals surface area contributed by atoms with Gasteiger partial charge in [0.15, 0.2) is 5.96 Å². The maximum atomic E-state index is 5.10. The quantitative estimate of drug-likeness (QED) is 0.369. The number of nitrogens with zero attached hydrogens (tertiary/aromatic N) is 3. The lowest BCUT2D eigenvalue weighted by molar-refractivity contribution is 0.180. The molecule has 0 fully saturated rings. The highest BCUT2D eigenvalue weighted by atomic mass is 16.5. The van der Waals surface area contributed by atoms with Crippen molar-refractivity contribution in [3.05, 3.63) is 35.4 Å². The van der Waals surface area contributed by atoms with E-state index in [4.69, 9.17) is 4.74 Å². The maximum Gasteiger partial charge on any atom is 0.191 e. The van der Waals surface area contributed by atoms with Crippen LogP contribution in [0, 0.1) is 0 Å². The van der Waals surface area contributed by atoms with Crippen molar-refractivity contribution in [2.45, 2.75) is 32.4 Å². The van der Waals surface area contributed by atoms with Gasteiger partial charge >= 0.3 is 0 Å². The Bertz CT molecular complexity index is 577. The number of ether oxygens (including phenoxy) is 1. The second-order valence-electron chi connectivity index (χ2n) is 7.37. The van der Waals surface area contributed by atoms with Gasteiger partial charge in [-0.2, -0.15) is 0 Å². The van der Waals surface area contributed by atoms with E-state index >= 15 is 0 Å². The molecule has 1 unspecified atom stereocenters. The molecule has 0 radical (unpaired) electrons. The van der Waals surface area contributed by atoms with E-state index in [1.54, 1.807) is 7.11 Å². The van der Waals surface area contributed by atoms with E-state index in [0.29, 0.717) is 6.04 Å². The SMILES string of the molecule is CN=C(NCCN(C)CCCOC)NCC(C)N1CCc2ccccc2C1. The summed E-state index contributed by atoms with van der Waals surface area (Å²) in [5.41, 5.74) is 2.97. The first-order valence-electron chi connectivity index (χ1n) is 10.1. The van der Waals surface area contributed by atoms with Crippen LogP contribution in [-0.2, 0) is 17.7 Å². The first-order chi connectivity index (χ1) is 13.1. The molecule has 0 saturated carbocycles. The molecule has 1 aromatic rings. The number of rotatable bonds is 10. The number of fused-ring (bicyclic) bond motifs is 1. The van der Waals surface area contributed by atoms with Crippen molar-refractivity contribution >= 4 is 5.96 Å². The van der Waals surface area contributed by atoms with Gasteiger partial charge in [0.05, 0.1) is 0 Å². The summed E-state index contributed by atoms with van der Waals surface area (Å²) in [5.74, 6) is 0.879. The zero-order valence-electron chi connectivity index (χ0n) is 17.5. The van der Waals surface area contributed by atoms with Crippen LogP contribution in [0.4, 0.5) is 0 Å². The lowest BCUT2D eigenvalue weighted by atomic mass is 9.99. The third-order valence-electron chi connectivity index (χ3n) is 5.25. The van der Waals surface area contributed by atoms with E-state index < -0.39 is 0 Å². The molecule has 6 heteroatoms. The molecule has 0 spiro atoms. The van der Waals surface area contributed by atoms with Gasteiger partial charge in [-0.15, -0.1) is 0 Å². The average Bonchev–Trinajstić information content (AvgIpc) is 2.70. The van der Waals surface area contributed by atoms with Crippen molar-refractivity contribution in [1.82, 2.24) is 20.4 Å². The Balaban J connectivity index is 1.67. The van der Waals surface area contributed by atoms with E-state index in [-0.39, 0.29) is 0 Å². The van der Waals surface area contributed by atoms with Crippen LogP contribution in [0.25, 0.3) is 0 Å². The second-order valence-corrected chi connectivity index (χ2v) is 7.37. The van der Waals surface area contributed by atoms with Crippen LogP contribution in [0.5, 0.6) is 0 Å². The molecule has 1 atom stereocenters. The second kappa shape index (κ2) is 12.0. The van der Waals surface area contributed by atoms with Crippen LogP contribution in [0.1, 0.15) is 24.5 Å². The Morgan fingerprint density at radius 3 is 2.78 bits per heavy atom. The number of guanidine groups is 1. The summed E-state index contributed by atoms with van der Waals surface area (Å²) in [5, 5.41) is 6.89. The number of benzene rings is 1. The maximum absolute atomic E-state index is 5.10. The molecule has 2 N–H and O–H groups in total. The molecule has 1 aliphatic heterocycles. The van der Waals surface area contributed by atoms with Crippen molar-refractivity contribution in [2.24, 2.45) is 4.99 Å². The molecular weight excluding hydrogens is 338 g/mol. The number of hydrogen-bond donors (Lipinski definition) is 2. The van der Waals surface area contributed by atoms with Gasteiger partial charge in [-0.05, 0) is 37.9 Å². The fourth-order valence-corrected chi connectivity index (χ4v) is 3.44. The third-order valence-corrected chi connectivity index (χ3v) is 5.25. The normalized spacial score (nSPS) is 16.3. The minimum absolute atomic E-state index is 0.466. The first kappa shape index (κ1) is 21.7. The predicted molar refractivity (Wildman–Crippen MR) is 113 cm³/mol. The number of likely N-dealkylation sites (N-methyl/N-ethyl adjacent to an activating group) is 1. The lowest BCUT2D eigenvalue weighted by Gasteiger charge is -2.34. The number of hydrogen-bond acceptors (Lipinski definition) is 4. The summed E-state index contributed by atoms with van der Waals surface area (Å²) < 4.78 is 5.10. The molecule has 0 aliphatic carbocycles. The van der Waals surface area contributed by atoms with Gasteiger partial charge in [-0.3, -0.25) is 9.89 Å². The van der Waals surface area contributed by atoms with E-state index in [9.17, 15) is 0 Å². The summed E-state index contributed by atoms with van der Waals surface area (Å²) in [6.07, 6.45) is 2.21. The zero-order valence-corrected chi connectivity index (χ0v) is 17.5. The lowest BCUT2D eigenvalue weighted by Crippen LogP contribution is -2.48. The Kier molecular flexibility index (Phi) is 9.59. The summed E-state index contributed by atoms with van der Waals surface area (Å²) >= 11 is 0. The summed E-state index contributed by atoms with van der Waals surface area (Å²) in [7, 11) is 5.73. The highest BCUT2D eigenvalue weighted by Crippen LogP contribution is 2.19. The highest BCUT2D eigenvalue weighted by molar-refractivity contribution is 5.79. The van der Waals surface area contributed by atoms with E-state index in [0.717, 1.165) is 64.7 Å². The van der Waals surface area contributed by atoms with Gasteiger partial charge in [0.2, 0.25) is 0 Å². The number of aliphatic imine (C=N–C) groups is 1. The molecule has 27 heavy (non-hydrogen) atoms. The molecule has 1 aliphatic rings. The molecule has 0 saturated heterocycles. The van der Waals surface area contributed by atoms with Crippen molar-refractivity contribution in [3.8, 4) is 0 Å². The van der Waals surface area contributed by atoms with Crippen LogP contribution in [0.3, 0.4) is 0 Å². The Hall–Kier alpha value is -1.63. The van der Waals surface area contributed by atoms with Gasteiger partial charge in [0.1, 0.15) is 0 Å². The third kappa shape index (κ3) is 7.48. The van der Waals surface area contributed by atoms with Crippen LogP contribution in [0.2, 0.25) is 0 Å². The van der Waals surface area contributed by atoms with E-state index in [1.807, 2.05) is 7.05 Å². The van der Waals surface area contributed by atoms with Crippen molar-refractivity contribution < 1.29 is 4.74 Å². The van der Waals surface area contributed by atoms with Gasteiger partial charge in [-0.1, -0.05) is 24.3 Å². The Labute approximate surface area is 165 Å². The Morgan fingerprint density at radius 2 is 2.04 bits per heavy atom. The average molecular weight is 376 g/mol. The molecule has 0 bridgehead atoms. The van der Waals surface area contributed by atoms with Crippen LogP contribution >= 0.6 is 0 Å². The molecule has 0 amide bonds. The molecule has 0 aromatic heterocycles. The van der Waals surface area contributed by atoms with Crippen LogP contribution < -0.4 is 10.6 Å². The van der Waals surface area contributed by atoms with E-state index in [1.165, 1.54) is 11.1 Å². The summed E-state index contributed by atoms with van der Waals surface area (Å²) in [6.45, 7) is 9.09. The molecule has 1 heterocycles. The molecule has 1 aromatic carbocycles. The van der Waals surface area contributed by atoms with Crippen molar-refractivity contribution in [1.29, 1.82) is 0 Å². The van der Waals surface area contributed by atoms with Gasteiger partial charge in [-0.25, -0.2) is 0 Å². The summed E-state index contributed by atoms with van der Waals surface area (Å²) in [4.78, 5) is 9.21. The molecule has 2 rings (SSSR count). The molecular formula is C21H37N5O. The molecule has 6 nitrogen and oxygen atoms in total. The van der Waals surface area contributed by atoms with Gasteiger partial charge < -0.3 is 20.3 Å². The minimum atomic E-state index is 0.466. The standard InChI is InChI=1S/C21H37N5O/c1-18(26-13-10-19-8-5-6-9-20(19)17-26)16-24-21(22-2)23-11-14-25(3)12-7-15-27-4/h5-6,8-9,18H,7,10-17H2,1-4H3,(H2,22,23,24). The topological polar surface area (TPSA) is 52.1 Å². The smallest absolute Gasteiger partial charge is 0.191 e. The minimum Gasteiger partial charge on any atom is -0.385 e. The van der Waals surface area contributed by atoms with Crippen molar-refractivity contribution in [2.75, 3.05) is 60.5 Å². The molecule has 152 valence electrons. The highest BCUT2D eigenvalue weighted by Gasteiger charge is 2.20. The van der Waals surface area contributed by atoms with Crippen LogP contribution in [-0.4, -0.2) is 82.3 Å². The van der Waals surface area contributed by atoms with Crippen LogP contribution in [0.15, 0.2) is 29.3 Å². The fourth-order valence-electron chi connectivity index (χ4n) is 3.44. The Morgan fingerprint density at radius 1 is 1.26 bits per heavy atom. The monoisotopic (exact) mass is 375 g/mol. The fraction of sp³-hybridized carbons (Fsp3) is 0.667. The predicted octanol–water partition coefficient (Wildman–Crippen LogP) is 1.57. The first-order valence-corrected chi connectivity index (χ1v) is 10.1. The zero-order chi connectivity index (χ0) is 19.5. The summed E-state index contributed by atoms with van der Waals surface area (Å²) in [6, 6.07) is 9.26. The number of nitrogens with one attached hydrogen (secondary N) is 2. The van der Waals surface area contributed by atoms with Crippen molar-refractivity contribution in [3.63, 3.8) is 0 Å². The van der Waals surface area contributed by atoms with Gasteiger partial charge in [0, 0.05) is 66.1 Å². The van der Waals surface area contributed by atoms with Gasteiger partial charge in [0.25, 0.3) is 0 Å². The number of methoxy groups -OCH3 is 1.